The molecule has 3 rings (SSSR count). The number of piperazine rings is 1. The summed E-state index contributed by atoms with van der Waals surface area (Å²) in [6, 6.07) is 8.08. The maximum absolute atomic E-state index is 13.3. The van der Waals surface area contributed by atoms with Gasteiger partial charge in [-0.25, -0.2) is 8.42 Å². The number of aromatic nitrogens is 1. The second-order valence-corrected chi connectivity index (χ2v) is 9.96. The number of amides is 2. The van der Waals surface area contributed by atoms with Gasteiger partial charge in [-0.15, -0.1) is 0 Å². The molecule has 1 aliphatic rings. The molecule has 0 unspecified atom stereocenters. The lowest BCUT2D eigenvalue weighted by atomic mass is 9.97. The van der Waals surface area contributed by atoms with Crippen LogP contribution in [0.3, 0.4) is 0 Å². The zero-order valence-electron chi connectivity index (χ0n) is 18.9. The lowest BCUT2D eigenvalue weighted by molar-refractivity contribution is -0.135. The molecule has 2 amide bonds. The number of nitrogens with zero attached hydrogens (tertiary/aromatic N) is 3. The van der Waals surface area contributed by atoms with Crippen molar-refractivity contribution in [2.45, 2.75) is 45.1 Å². The molecule has 1 saturated heterocycles. The van der Waals surface area contributed by atoms with Crippen LogP contribution in [0.5, 0.6) is 0 Å². The lowest BCUT2D eigenvalue weighted by Gasteiger charge is -2.37. The topological polar surface area (TPSA) is 113 Å². The van der Waals surface area contributed by atoms with Crippen LogP contribution in [0.25, 0.3) is 0 Å². The second kappa shape index (κ2) is 9.83. The Morgan fingerprint density at radius 1 is 1.12 bits per heavy atom. The van der Waals surface area contributed by atoms with Crippen LogP contribution in [0.15, 0.2) is 39.8 Å². The van der Waals surface area contributed by atoms with Gasteiger partial charge in [0, 0.05) is 31.7 Å². The van der Waals surface area contributed by atoms with Crippen LogP contribution in [0, 0.1) is 19.8 Å². The minimum atomic E-state index is -3.76. The molecular formula is C22H30N4O5S. The molecule has 2 heterocycles. The van der Waals surface area contributed by atoms with Crippen molar-refractivity contribution in [1.29, 1.82) is 0 Å². The number of nitrogens with one attached hydrogen (secondary N) is 1. The van der Waals surface area contributed by atoms with E-state index in [9.17, 15) is 18.0 Å². The number of aryl methyl sites for hydroxylation is 2. The Bertz CT molecular complexity index is 1040. The van der Waals surface area contributed by atoms with Crippen LogP contribution >= 0.6 is 0 Å². The first-order valence-electron chi connectivity index (χ1n) is 10.7. The third kappa shape index (κ3) is 4.86. The van der Waals surface area contributed by atoms with E-state index in [2.05, 4.69) is 10.5 Å². The molecule has 2 aromatic rings. The Kier molecular flexibility index (Phi) is 7.35. The molecule has 10 heteroatoms. The molecule has 174 valence electrons. The first-order valence-corrected chi connectivity index (χ1v) is 12.2. The number of carbonyl (C=O) groups excluding carboxylic acids is 2. The largest absolute Gasteiger partial charge is 0.360 e. The fraction of sp³-hybridized carbons (Fsp3) is 0.500. The van der Waals surface area contributed by atoms with Gasteiger partial charge in [-0.2, -0.15) is 4.31 Å². The highest BCUT2D eigenvalue weighted by Gasteiger charge is 2.37. The maximum Gasteiger partial charge on any atom is 0.251 e. The van der Waals surface area contributed by atoms with Crippen molar-refractivity contribution in [3.05, 3.63) is 47.3 Å². The first kappa shape index (κ1) is 23.9. The predicted molar refractivity (Wildman–Crippen MR) is 118 cm³/mol. The molecule has 0 aliphatic carbocycles. The van der Waals surface area contributed by atoms with E-state index in [1.165, 1.54) is 4.31 Å². The van der Waals surface area contributed by atoms with Gasteiger partial charge in [-0.3, -0.25) is 9.59 Å². The van der Waals surface area contributed by atoms with Crippen LogP contribution in [0.4, 0.5) is 0 Å². The van der Waals surface area contributed by atoms with Crippen LogP contribution in [0.2, 0.25) is 0 Å². The Hall–Kier alpha value is -2.72. The number of benzene rings is 1. The number of carbonyl (C=O) groups is 2. The molecule has 0 spiro atoms. The smallest absolute Gasteiger partial charge is 0.251 e. The zero-order valence-corrected chi connectivity index (χ0v) is 19.7. The quantitative estimate of drug-likeness (QED) is 0.673. The first-order chi connectivity index (χ1) is 15.2. The van der Waals surface area contributed by atoms with Crippen molar-refractivity contribution in [2.75, 3.05) is 26.2 Å². The standard InChI is InChI=1S/C22H30N4O5S/c1-5-15(2)19(23-21(27)18-9-7-6-8-10-18)22(28)25-11-13-26(14-12-25)32(29,30)20-16(3)24-31-17(20)4/h6-10,15,19H,5,11-14H2,1-4H3,(H,23,27)/t15-,19-/m0/s1. The summed E-state index contributed by atoms with van der Waals surface area (Å²) in [5.74, 6) is -0.317. The molecular weight excluding hydrogens is 432 g/mol. The maximum atomic E-state index is 13.3. The van der Waals surface area contributed by atoms with Gasteiger partial charge in [-0.05, 0) is 31.9 Å². The predicted octanol–water partition coefficient (Wildman–Crippen LogP) is 1.97. The molecule has 1 aliphatic heterocycles. The highest BCUT2D eigenvalue weighted by Crippen LogP contribution is 2.24. The van der Waals surface area contributed by atoms with Crippen molar-refractivity contribution >= 4 is 21.8 Å². The number of hydrogen-bond acceptors (Lipinski definition) is 6. The van der Waals surface area contributed by atoms with Crippen molar-refractivity contribution in [1.82, 2.24) is 19.7 Å². The van der Waals surface area contributed by atoms with E-state index in [0.717, 1.165) is 0 Å². The Morgan fingerprint density at radius 3 is 2.28 bits per heavy atom. The van der Waals surface area contributed by atoms with Crippen LogP contribution in [-0.2, 0) is 14.8 Å². The number of hydrogen-bond donors (Lipinski definition) is 1. The fourth-order valence-electron chi connectivity index (χ4n) is 3.81. The third-order valence-corrected chi connectivity index (χ3v) is 8.06. The molecule has 1 aromatic heterocycles. The van der Waals surface area contributed by atoms with Gasteiger partial charge in [0.15, 0.2) is 5.76 Å². The summed E-state index contributed by atoms with van der Waals surface area (Å²) in [6.07, 6.45) is 0.714. The second-order valence-electron chi connectivity index (χ2n) is 8.09. The Balaban J connectivity index is 1.70. The van der Waals surface area contributed by atoms with Crippen molar-refractivity contribution in [2.24, 2.45) is 5.92 Å². The molecule has 1 fully saturated rings. The van der Waals surface area contributed by atoms with E-state index < -0.39 is 16.1 Å². The van der Waals surface area contributed by atoms with Crippen LogP contribution in [0.1, 0.15) is 42.1 Å². The van der Waals surface area contributed by atoms with E-state index in [1.807, 2.05) is 19.9 Å². The summed E-state index contributed by atoms with van der Waals surface area (Å²) in [5, 5.41) is 6.62. The fourth-order valence-corrected chi connectivity index (χ4v) is 5.53. The van der Waals surface area contributed by atoms with Gasteiger partial charge >= 0.3 is 0 Å². The molecule has 1 aromatic carbocycles. The van der Waals surface area contributed by atoms with E-state index >= 15 is 0 Å². The summed E-state index contributed by atoms with van der Waals surface area (Å²) in [6.45, 7) is 7.87. The van der Waals surface area contributed by atoms with Gasteiger partial charge in [-0.1, -0.05) is 43.6 Å². The van der Waals surface area contributed by atoms with Crippen LogP contribution in [-0.4, -0.2) is 66.8 Å². The molecule has 32 heavy (non-hydrogen) atoms. The summed E-state index contributed by atoms with van der Waals surface area (Å²) in [7, 11) is -3.76. The van der Waals surface area contributed by atoms with E-state index in [4.69, 9.17) is 4.52 Å². The minimum Gasteiger partial charge on any atom is -0.360 e. The molecule has 0 radical (unpaired) electrons. The highest BCUT2D eigenvalue weighted by atomic mass is 32.2. The third-order valence-electron chi connectivity index (χ3n) is 5.92. The van der Waals surface area contributed by atoms with Gasteiger partial charge in [0.1, 0.15) is 16.6 Å². The summed E-state index contributed by atoms with van der Waals surface area (Å²) >= 11 is 0. The van der Waals surface area contributed by atoms with Crippen molar-refractivity contribution in [3.8, 4) is 0 Å². The zero-order chi connectivity index (χ0) is 23.5. The van der Waals surface area contributed by atoms with E-state index in [0.29, 0.717) is 17.7 Å². The Labute approximate surface area is 188 Å². The van der Waals surface area contributed by atoms with Crippen molar-refractivity contribution < 1.29 is 22.5 Å². The number of sulfonamides is 1. The Morgan fingerprint density at radius 2 is 1.75 bits per heavy atom. The molecule has 2 atom stereocenters. The van der Waals surface area contributed by atoms with Gasteiger partial charge in [0.05, 0.1) is 0 Å². The summed E-state index contributed by atoms with van der Waals surface area (Å²) < 4.78 is 32.4. The molecule has 0 bridgehead atoms. The molecule has 1 N–H and O–H groups in total. The van der Waals surface area contributed by atoms with E-state index in [-0.39, 0.29) is 54.6 Å². The highest BCUT2D eigenvalue weighted by molar-refractivity contribution is 7.89. The summed E-state index contributed by atoms with van der Waals surface area (Å²) in [4.78, 5) is 27.6. The van der Waals surface area contributed by atoms with Gasteiger partial charge < -0.3 is 14.7 Å². The van der Waals surface area contributed by atoms with Crippen LogP contribution < -0.4 is 5.32 Å². The van der Waals surface area contributed by atoms with Crippen molar-refractivity contribution in [3.63, 3.8) is 0 Å². The average molecular weight is 463 g/mol. The molecule has 0 saturated carbocycles. The monoisotopic (exact) mass is 462 g/mol. The summed E-state index contributed by atoms with van der Waals surface area (Å²) in [5.41, 5.74) is 0.811. The van der Waals surface area contributed by atoms with Gasteiger partial charge in [0.2, 0.25) is 15.9 Å². The van der Waals surface area contributed by atoms with Gasteiger partial charge in [0.25, 0.3) is 5.91 Å². The normalized spacial score (nSPS) is 17.1. The number of rotatable bonds is 7. The lowest BCUT2D eigenvalue weighted by Crippen LogP contribution is -2.57. The SMILES string of the molecule is CC[C@H](C)[C@H](NC(=O)c1ccccc1)C(=O)N1CCN(S(=O)(=O)c2c(C)noc2C)CC1. The average Bonchev–Trinajstić information content (AvgIpc) is 3.15. The minimum absolute atomic E-state index is 0.0702. The van der Waals surface area contributed by atoms with E-state index in [1.54, 1.807) is 43.0 Å². The molecule has 9 nitrogen and oxygen atoms in total.